The van der Waals surface area contributed by atoms with Crippen LogP contribution in [-0.4, -0.2) is 36.0 Å². The third kappa shape index (κ3) is 3.66. The highest BCUT2D eigenvalue weighted by molar-refractivity contribution is 5.82. The zero-order valence-electron chi connectivity index (χ0n) is 12.8. The number of carbonyl (C=O) groups is 2. The molecule has 0 N–H and O–H groups in total. The van der Waals surface area contributed by atoms with Gasteiger partial charge in [-0.2, -0.15) is 0 Å². The lowest BCUT2D eigenvalue weighted by Gasteiger charge is -2.26. The highest BCUT2D eigenvalue weighted by Crippen LogP contribution is 2.21. The van der Waals surface area contributed by atoms with Crippen LogP contribution in [0.5, 0.6) is 0 Å². The van der Waals surface area contributed by atoms with Gasteiger partial charge in [0.25, 0.3) is 0 Å². The van der Waals surface area contributed by atoms with Crippen molar-refractivity contribution in [2.24, 2.45) is 0 Å². The number of ether oxygens (including phenoxy) is 1. The molecule has 4 heteroatoms. The monoisotopic (exact) mass is 309 g/mol. The zero-order chi connectivity index (χ0) is 16.1. The summed E-state index contributed by atoms with van der Waals surface area (Å²) in [7, 11) is 0. The van der Waals surface area contributed by atoms with E-state index >= 15 is 0 Å². The number of nitrogens with zero attached hydrogens (tertiary/aromatic N) is 1. The molecule has 0 saturated carbocycles. The van der Waals surface area contributed by atoms with Gasteiger partial charge in [-0.25, -0.2) is 0 Å². The van der Waals surface area contributed by atoms with Gasteiger partial charge in [-0.3, -0.25) is 9.59 Å². The molecule has 4 nitrogen and oxygen atoms in total. The Morgan fingerprint density at radius 3 is 2.26 bits per heavy atom. The molecule has 2 atom stereocenters. The summed E-state index contributed by atoms with van der Waals surface area (Å²) in [6.07, 6.45) is 0.888. The van der Waals surface area contributed by atoms with E-state index in [9.17, 15) is 9.59 Å². The Labute approximate surface area is 135 Å². The first-order valence-corrected chi connectivity index (χ1v) is 7.74. The topological polar surface area (TPSA) is 46.6 Å². The Hall–Kier alpha value is -2.46. The van der Waals surface area contributed by atoms with Gasteiger partial charge in [-0.1, -0.05) is 60.7 Å². The van der Waals surface area contributed by atoms with Crippen LogP contribution in [0.3, 0.4) is 0 Å². The van der Waals surface area contributed by atoms with Crippen molar-refractivity contribution in [1.29, 1.82) is 0 Å². The Kier molecular flexibility index (Phi) is 4.83. The fourth-order valence-electron chi connectivity index (χ4n) is 2.93. The average molecular weight is 309 g/mol. The molecule has 2 aromatic carbocycles. The van der Waals surface area contributed by atoms with Crippen LogP contribution in [0, 0.1) is 0 Å². The Morgan fingerprint density at radius 1 is 1.04 bits per heavy atom. The van der Waals surface area contributed by atoms with Gasteiger partial charge in [-0.15, -0.1) is 0 Å². The molecule has 0 aliphatic carbocycles. The maximum atomic E-state index is 12.7. The smallest absolute Gasteiger partial charge is 0.229 e. The van der Waals surface area contributed by atoms with Crippen LogP contribution in [0.25, 0.3) is 0 Å². The van der Waals surface area contributed by atoms with Crippen LogP contribution in [0.15, 0.2) is 60.7 Å². The molecule has 0 spiro atoms. The van der Waals surface area contributed by atoms with Crippen LogP contribution >= 0.6 is 0 Å². The minimum Gasteiger partial charge on any atom is -0.349 e. The normalized spacial score (nSPS) is 20.4. The van der Waals surface area contributed by atoms with Gasteiger partial charge in [0.05, 0.1) is 19.1 Å². The van der Waals surface area contributed by atoms with E-state index in [1.165, 1.54) is 0 Å². The van der Waals surface area contributed by atoms with Crippen LogP contribution in [0.2, 0.25) is 0 Å². The quantitative estimate of drug-likeness (QED) is 0.796. The van der Waals surface area contributed by atoms with Gasteiger partial charge in [-0.05, 0) is 17.5 Å². The molecule has 2 aromatic rings. The highest BCUT2D eigenvalue weighted by Gasteiger charge is 2.37. The lowest BCUT2D eigenvalue weighted by Crippen LogP contribution is -2.44. The SMILES string of the molecule is O=CC1OC[C@H](Cc2ccccc2)N1C(=O)Cc1ccccc1. The third-order valence-electron chi connectivity index (χ3n) is 4.04. The van der Waals surface area contributed by atoms with Crippen molar-refractivity contribution in [2.45, 2.75) is 25.1 Å². The Balaban J connectivity index is 1.74. The van der Waals surface area contributed by atoms with E-state index in [1.54, 1.807) is 4.90 Å². The minimum absolute atomic E-state index is 0.0771. The number of aldehydes is 1. The van der Waals surface area contributed by atoms with Gasteiger partial charge in [0.15, 0.2) is 12.5 Å². The van der Waals surface area contributed by atoms with Crippen molar-refractivity contribution < 1.29 is 14.3 Å². The summed E-state index contributed by atoms with van der Waals surface area (Å²) in [4.78, 5) is 25.5. The summed E-state index contributed by atoms with van der Waals surface area (Å²) in [5.41, 5.74) is 2.07. The van der Waals surface area contributed by atoms with Gasteiger partial charge in [0, 0.05) is 0 Å². The molecule has 1 fully saturated rings. The van der Waals surface area contributed by atoms with E-state index in [0.717, 1.165) is 11.1 Å². The number of rotatable bonds is 5. The van der Waals surface area contributed by atoms with Crippen molar-refractivity contribution >= 4 is 12.2 Å². The molecule has 118 valence electrons. The highest BCUT2D eigenvalue weighted by atomic mass is 16.5. The van der Waals surface area contributed by atoms with E-state index in [1.807, 2.05) is 60.7 Å². The fourth-order valence-corrected chi connectivity index (χ4v) is 2.93. The zero-order valence-corrected chi connectivity index (χ0v) is 12.8. The maximum Gasteiger partial charge on any atom is 0.229 e. The van der Waals surface area contributed by atoms with Gasteiger partial charge >= 0.3 is 0 Å². The molecule has 1 unspecified atom stereocenters. The van der Waals surface area contributed by atoms with Crippen molar-refractivity contribution in [3.63, 3.8) is 0 Å². The van der Waals surface area contributed by atoms with E-state index in [-0.39, 0.29) is 18.4 Å². The molecular formula is C19H19NO3. The van der Waals surface area contributed by atoms with Crippen LogP contribution in [0.1, 0.15) is 11.1 Å². The number of amides is 1. The first-order valence-electron chi connectivity index (χ1n) is 7.74. The standard InChI is InChI=1S/C19H19NO3/c21-13-19-20(18(22)12-16-9-5-2-6-10-16)17(14-23-19)11-15-7-3-1-4-8-15/h1-10,13,17,19H,11-12,14H2/t17-,19?/m0/s1. The maximum absolute atomic E-state index is 12.7. The van der Waals surface area contributed by atoms with Crippen molar-refractivity contribution in [1.82, 2.24) is 4.90 Å². The molecule has 1 amide bonds. The Bertz CT molecular complexity index is 657. The molecule has 0 radical (unpaired) electrons. The molecule has 0 aromatic heterocycles. The Morgan fingerprint density at radius 2 is 1.65 bits per heavy atom. The second-order valence-electron chi connectivity index (χ2n) is 5.67. The van der Waals surface area contributed by atoms with Gasteiger partial charge in [0.1, 0.15) is 0 Å². The molecule has 1 saturated heterocycles. The second-order valence-corrected chi connectivity index (χ2v) is 5.67. The van der Waals surface area contributed by atoms with E-state index in [4.69, 9.17) is 4.74 Å². The predicted molar refractivity (Wildman–Crippen MR) is 86.7 cm³/mol. The first kappa shape index (κ1) is 15.4. The minimum atomic E-state index is -0.778. The van der Waals surface area contributed by atoms with Crippen LogP contribution in [-0.2, 0) is 27.2 Å². The van der Waals surface area contributed by atoms with Crippen molar-refractivity contribution in [3.05, 3.63) is 71.8 Å². The molecular weight excluding hydrogens is 290 g/mol. The number of benzene rings is 2. The first-order chi connectivity index (χ1) is 11.3. The molecule has 1 heterocycles. The summed E-state index contributed by atoms with van der Waals surface area (Å²) < 4.78 is 5.50. The third-order valence-corrected chi connectivity index (χ3v) is 4.04. The second kappa shape index (κ2) is 7.20. The average Bonchev–Trinajstić information content (AvgIpc) is 2.99. The van der Waals surface area contributed by atoms with Crippen LogP contribution < -0.4 is 0 Å². The summed E-state index contributed by atoms with van der Waals surface area (Å²) in [6.45, 7) is 0.388. The summed E-state index contributed by atoms with van der Waals surface area (Å²) in [5, 5.41) is 0. The van der Waals surface area contributed by atoms with Crippen molar-refractivity contribution in [2.75, 3.05) is 6.61 Å². The lowest BCUT2D eigenvalue weighted by atomic mass is 10.0. The molecule has 1 aliphatic heterocycles. The summed E-state index contributed by atoms with van der Waals surface area (Å²) in [6, 6.07) is 19.4. The summed E-state index contributed by atoms with van der Waals surface area (Å²) in [5.74, 6) is -0.0771. The predicted octanol–water partition coefficient (Wildman–Crippen LogP) is 2.22. The van der Waals surface area contributed by atoms with Crippen molar-refractivity contribution in [3.8, 4) is 0 Å². The van der Waals surface area contributed by atoms with Gasteiger partial charge < -0.3 is 9.64 Å². The fraction of sp³-hybridized carbons (Fsp3) is 0.263. The van der Waals surface area contributed by atoms with E-state index < -0.39 is 6.23 Å². The van der Waals surface area contributed by atoms with Crippen LogP contribution in [0.4, 0.5) is 0 Å². The summed E-state index contributed by atoms with van der Waals surface area (Å²) >= 11 is 0. The molecule has 23 heavy (non-hydrogen) atoms. The number of hydrogen-bond acceptors (Lipinski definition) is 3. The van der Waals surface area contributed by atoms with Gasteiger partial charge in [0.2, 0.25) is 5.91 Å². The molecule has 1 aliphatic rings. The lowest BCUT2D eigenvalue weighted by molar-refractivity contribution is -0.141. The van der Waals surface area contributed by atoms with E-state index in [0.29, 0.717) is 19.3 Å². The molecule has 3 rings (SSSR count). The van der Waals surface area contributed by atoms with E-state index in [2.05, 4.69) is 0 Å². The molecule has 0 bridgehead atoms. The largest absolute Gasteiger partial charge is 0.349 e. The number of hydrogen-bond donors (Lipinski definition) is 0. The number of carbonyl (C=O) groups excluding carboxylic acids is 2.